The van der Waals surface area contributed by atoms with Gasteiger partial charge in [-0.3, -0.25) is 0 Å². The van der Waals surface area contributed by atoms with E-state index in [2.05, 4.69) is 4.98 Å². The summed E-state index contributed by atoms with van der Waals surface area (Å²) >= 11 is 29.9. The van der Waals surface area contributed by atoms with Gasteiger partial charge in [0.25, 0.3) is 0 Å². The van der Waals surface area contributed by atoms with Crippen LogP contribution >= 0.6 is 70.4 Å². The highest BCUT2D eigenvalue weighted by atomic mass is 35.5. The number of thioether (sulfide) groups is 1. The summed E-state index contributed by atoms with van der Waals surface area (Å²) in [6.07, 6.45) is 0. The summed E-state index contributed by atoms with van der Waals surface area (Å²) in [7, 11) is 3.64. The van der Waals surface area contributed by atoms with Crippen molar-refractivity contribution < 1.29 is 0 Å². The summed E-state index contributed by atoms with van der Waals surface area (Å²) in [6, 6.07) is 0. The number of rotatable bonds is 1. The Morgan fingerprint density at radius 1 is 1.12 bits per heavy atom. The molecule has 1 aromatic rings. The molecule has 0 saturated carbocycles. The number of nitrogens with zero attached hydrogens (tertiary/aromatic N) is 2. The zero-order chi connectivity index (χ0) is 12.5. The van der Waals surface area contributed by atoms with Crippen LogP contribution in [0.25, 0.3) is 0 Å². The second-order valence-corrected chi connectivity index (χ2v) is 6.03. The Hall–Kier alpha value is 0.550. The van der Waals surface area contributed by atoms with Gasteiger partial charge >= 0.3 is 0 Å². The number of aromatic nitrogens is 1. The summed E-state index contributed by atoms with van der Waals surface area (Å²) in [4.78, 5) is 6.06. The zero-order valence-electron chi connectivity index (χ0n) is 8.22. The van der Waals surface area contributed by atoms with Crippen LogP contribution in [0.1, 0.15) is 0 Å². The first-order valence-corrected chi connectivity index (χ1v) is 6.67. The van der Waals surface area contributed by atoms with Gasteiger partial charge in [-0.05, 0) is 0 Å². The summed E-state index contributed by atoms with van der Waals surface area (Å²) in [5, 5.41) is 0.732. The van der Waals surface area contributed by atoms with Gasteiger partial charge in [0.05, 0.1) is 14.9 Å². The number of hydrogen-bond donors (Lipinski definition) is 0. The molecule has 0 aliphatic rings. The predicted molar refractivity (Wildman–Crippen MR) is 76.4 cm³/mol. The van der Waals surface area contributed by atoms with Crippen molar-refractivity contribution in [1.29, 1.82) is 0 Å². The van der Waals surface area contributed by atoms with E-state index in [4.69, 9.17) is 58.6 Å². The van der Waals surface area contributed by atoms with E-state index in [9.17, 15) is 0 Å². The largest absolute Gasteiger partial charge is 0.363 e. The first-order chi connectivity index (χ1) is 7.34. The van der Waals surface area contributed by atoms with Crippen LogP contribution in [0, 0.1) is 0 Å². The lowest BCUT2D eigenvalue weighted by molar-refractivity contribution is 0.648. The molecule has 0 amide bonds. The van der Waals surface area contributed by atoms with Gasteiger partial charge in [-0.15, -0.1) is 0 Å². The highest BCUT2D eigenvalue weighted by Gasteiger charge is 2.18. The highest BCUT2D eigenvalue weighted by Crippen LogP contribution is 2.41. The summed E-state index contributed by atoms with van der Waals surface area (Å²) in [5.74, 6) is 0. The molecule has 0 saturated heterocycles. The molecule has 0 N–H and O–H groups in total. The van der Waals surface area contributed by atoms with Crippen LogP contribution in [0.2, 0.25) is 20.4 Å². The Labute approximate surface area is 123 Å². The van der Waals surface area contributed by atoms with Gasteiger partial charge in [-0.2, -0.15) is 0 Å². The van der Waals surface area contributed by atoms with Crippen molar-refractivity contribution in [3.8, 4) is 0 Å². The highest BCUT2D eigenvalue weighted by molar-refractivity contribution is 8.23. The molecular formula is C8H6Cl4N2S2. The summed E-state index contributed by atoms with van der Waals surface area (Å²) in [5.41, 5.74) is 0. The molecule has 88 valence electrons. The van der Waals surface area contributed by atoms with Crippen molar-refractivity contribution in [3.63, 3.8) is 0 Å². The van der Waals surface area contributed by atoms with Crippen molar-refractivity contribution in [2.24, 2.45) is 0 Å². The average Bonchev–Trinajstić information content (AvgIpc) is 2.21. The molecule has 8 heteroatoms. The van der Waals surface area contributed by atoms with E-state index in [0.717, 1.165) is 0 Å². The van der Waals surface area contributed by atoms with E-state index < -0.39 is 0 Å². The van der Waals surface area contributed by atoms with Crippen LogP contribution in [0.5, 0.6) is 0 Å². The molecule has 1 heterocycles. The van der Waals surface area contributed by atoms with Crippen molar-refractivity contribution in [1.82, 2.24) is 9.88 Å². The molecule has 1 aromatic heterocycles. The van der Waals surface area contributed by atoms with Crippen molar-refractivity contribution >= 4 is 74.7 Å². The lowest BCUT2D eigenvalue weighted by Gasteiger charge is -2.14. The lowest BCUT2D eigenvalue weighted by Crippen LogP contribution is -2.15. The van der Waals surface area contributed by atoms with Crippen LogP contribution in [-0.4, -0.2) is 28.3 Å². The molecule has 0 aliphatic carbocycles. The third-order valence-corrected chi connectivity index (χ3v) is 4.98. The minimum absolute atomic E-state index is 0.111. The van der Waals surface area contributed by atoms with E-state index in [1.807, 2.05) is 14.1 Å². The predicted octanol–water partition coefficient (Wildman–Crippen LogP) is 4.63. The van der Waals surface area contributed by atoms with Gasteiger partial charge < -0.3 is 4.90 Å². The molecule has 1 rings (SSSR count). The van der Waals surface area contributed by atoms with Crippen molar-refractivity contribution in [3.05, 3.63) is 20.4 Å². The molecule has 16 heavy (non-hydrogen) atoms. The van der Waals surface area contributed by atoms with Gasteiger partial charge in [0.1, 0.15) is 4.32 Å². The lowest BCUT2D eigenvalue weighted by atomic mass is 10.5. The van der Waals surface area contributed by atoms with E-state index in [-0.39, 0.29) is 20.4 Å². The molecule has 0 spiro atoms. The molecule has 2 nitrogen and oxygen atoms in total. The van der Waals surface area contributed by atoms with E-state index in [1.165, 1.54) is 11.8 Å². The SMILES string of the molecule is CN(C)C(=S)Sc1c(Cl)c(Cl)nc(Cl)c1Cl. The Kier molecular flexibility index (Phi) is 5.42. The molecular weight excluding hydrogens is 330 g/mol. The second-order valence-electron chi connectivity index (χ2n) is 2.91. The van der Waals surface area contributed by atoms with Crippen LogP contribution in [0.15, 0.2) is 4.90 Å². The topological polar surface area (TPSA) is 16.1 Å². The van der Waals surface area contributed by atoms with Crippen molar-refractivity contribution in [2.75, 3.05) is 14.1 Å². The average molecular weight is 336 g/mol. The van der Waals surface area contributed by atoms with Crippen molar-refractivity contribution in [2.45, 2.75) is 4.90 Å². The van der Waals surface area contributed by atoms with E-state index in [1.54, 1.807) is 4.90 Å². The molecule has 0 radical (unpaired) electrons. The summed E-state index contributed by atoms with van der Waals surface area (Å²) in [6.45, 7) is 0. The Balaban J connectivity index is 3.18. The number of halogens is 4. The minimum atomic E-state index is 0.111. The number of pyridine rings is 1. The van der Waals surface area contributed by atoms with E-state index >= 15 is 0 Å². The van der Waals surface area contributed by atoms with Crippen LogP contribution < -0.4 is 0 Å². The fourth-order valence-electron chi connectivity index (χ4n) is 0.736. The van der Waals surface area contributed by atoms with Crippen LogP contribution in [0.4, 0.5) is 0 Å². The van der Waals surface area contributed by atoms with Gasteiger partial charge in [-0.1, -0.05) is 70.4 Å². The second kappa shape index (κ2) is 5.94. The maximum absolute atomic E-state index is 5.98. The van der Waals surface area contributed by atoms with Gasteiger partial charge in [0.2, 0.25) is 0 Å². The molecule has 0 atom stereocenters. The van der Waals surface area contributed by atoms with Gasteiger partial charge in [0, 0.05) is 14.1 Å². The molecule has 0 unspecified atom stereocenters. The molecule has 0 aliphatic heterocycles. The van der Waals surface area contributed by atoms with E-state index in [0.29, 0.717) is 9.22 Å². The normalized spacial score (nSPS) is 10.4. The van der Waals surface area contributed by atoms with Crippen LogP contribution in [-0.2, 0) is 0 Å². The maximum Gasteiger partial charge on any atom is 0.150 e. The quantitative estimate of drug-likeness (QED) is 0.422. The van der Waals surface area contributed by atoms with Gasteiger partial charge in [-0.25, -0.2) is 4.98 Å². The fourth-order valence-corrected chi connectivity index (χ4v) is 2.78. The van der Waals surface area contributed by atoms with Gasteiger partial charge in [0.15, 0.2) is 10.3 Å². The number of thiocarbonyl (C=S) groups is 1. The Morgan fingerprint density at radius 2 is 1.56 bits per heavy atom. The Morgan fingerprint density at radius 3 is 1.94 bits per heavy atom. The smallest absolute Gasteiger partial charge is 0.150 e. The first-order valence-electron chi connectivity index (χ1n) is 3.93. The first kappa shape index (κ1) is 14.6. The number of hydrogen-bond acceptors (Lipinski definition) is 3. The third-order valence-electron chi connectivity index (χ3n) is 1.51. The molecule has 0 bridgehead atoms. The van der Waals surface area contributed by atoms with Crippen LogP contribution in [0.3, 0.4) is 0 Å². The zero-order valence-corrected chi connectivity index (χ0v) is 12.9. The standard InChI is InChI=1S/C8H6Cl4N2S2/c1-14(2)8(15)16-5-3(9)6(11)13-7(12)4(5)10/h1-2H3. The minimum Gasteiger partial charge on any atom is -0.363 e. The molecule has 0 aromatic carbocycles. The Bertz CT molecular complexity index is 410. The summed E-state index contributed by atoms with van der Waals surface area (Å²) < 4.78 is 0.599. The maximum atomic E-state index is 5.98. The fraction of sp³-hybridized carbons (Fsp3) is 0.250. The monoisotopic (exact) mass is 334 g/mol. The third kappa shape index (κ3) is 3.28. The molecule has 0 fully saturated rings.